The van der Waals surface area contributed by atoms with Crippen molar-refractivity contribution in [3.05, 3.63) is 21.8 Å². The van der Waals surface area contributed by atoms with Crippen molar-refractivity contribution in [2.24, 2.45) is 0 Å². The van der Waals surface area contributed by atoms with Crippen molar-refractivity contribution >= 4 is 52.5 Å². The molecule has 1 heterocycles. The summed E-state index contributed by atoms with van der Waals surface area (Å²) in [4.78, 5) is 0. The molecule has 0 saturated carbocycles. The summed E-state index contributed by atoms with van der Waals surface area (Å²) in [6, 6.07) is 3.79. The molecular formula is C4H3ClNaS. The van der Waals surface area contributed by atoms with Crippen molar-refractivity contribution in [1.82, 2.24) is 0 Å². The van der Waals surface area contributed by atoms with Crippen molar-refractivity contribution in [3.63, 3.8) is 0 Å². The van der Waals surface area contributed by atoms with Crippen LogP contribution in [0.15, 0.2) is 17.5 Å². The molecule has 0 bridgehead atoms. The molecule has 1 radical (unpaired) electrons. The van der Waals surface area contributed by atoms with Crippen molar-refractivity contribution in [2.45, 2.75) is 0 Å². The van der Waals surface area contributed by atoms with Gasteiger partial charge in [-0.2, -0.15) is 0 Å². The first-order chi connectivity index (χ1) is 2.89. The fraction of sp³-hybridized carbons (Fsp3) is 0. The standard InChI is InChI=1S/C4H3ClS.Na/c5-4-2-1-3-6-4;/h1-3H;. The second-order valence-electron chi connectivity index (χ2n) is 0.917. The zero-order chi connectivity index (χ0) is 4.41. The first kappa shape index (κ1) is 7.99. The molecule has 3 heteroatoms. The molecule has 0 unspecified atom stereocenters. The van der Waals surface area contributed by atoms with Crippen molar-refractivity contribution in [3.8, 4) is 0 Å². The number of thiophene rings is 1. The molecule has 33 valence electrons. The van der Waals surface area contributed by atoms with Gasteiger partial charge in [0, 0.05) is 29.6 Å². The molecule has 0 saturated heterocycles. The van der Waals surface area contributed by atoms with Crippen LogP contribution >= 0.6 is 22.9 Å². The number of halogens is 1. The van der Waals surface area contributed by atoms with Crippen LogP contribution in [0.1, 0.15) is 0 Å². The van der Waals surface area contributed by atoms with Gasteiger partial charge in [-0.1, -0.05) is 11.6 Å². The van der Waals surface area contributed by atoms with Gasteiger partial charge in [0.15, 0.2) is 0 Å². The maximum atomic E-state index is 5.47. The van der Waals surface area contributed by atoms with Crippen LogP contribution in [0, 0.1) is 0 Å². The minimum atomic E-state index is 0. The largest absolute Gasteiger partial charge is 0.132 e. The van der Waals surface area contributed by atoms with Crippen molar-refractivity contribution < 1.29 is 0 Å². The minimum absolute atomic E-state index is 0. The molecule has 7 heavy (non-hydrogen) atoms. The molecule has 0 aliphatic rings. The number of rotatable bonds is 0. The van der Waals surface area contributed by atoms with Gasteiger partial charge in [0.1, 0.15) is 0 Å². The molecule has 1 aromatic heterocycles. The van der Waals surface area contributed by atoms with E-state index < -0.39 is 0 Å². The molecule has 0 amide bonds. The fourth-order valence-electron chi connectivity index (χ4n) is 0.259. The summed E-state index contributed by atoms with van der Waals surface area (Å²) in [5.41, 5.74) is 0. The fourth-order valence-corrected chi connectivity index (χ4v) is 0.930. The Morgan fingerprint density at radius 2 is 2.29 bits per heavy atom. The SMILES string of the molecule is Clc1cccs1.[Na]. The van der Waals surface area contributed by atoms with Crippen molar-refractivity contribution in [1.29, 1.82) is 0 Å². The Hall–Kier alpha value is 0.990. The second-order valence-corrected chi connectivity index (χ2v) is 2.50. The van der Waals surface area contributed by atoms with Crippen LogP contribution in [0.3, 0.4) is 0 Å². The number of hydrogen-bond acceptors (Lipinski definition) is 1. The van der Waals surface area contributed by atoms with Gasteiger partial charge in [-0.25, -0.2) is 0 Å². The van der Waals surface area contributed by atoms with Crippen LogP contribution < -0.4 is 0 Å². The van der Waals surface area contributed by atoms with Crippen LogP contribution in [0.25, 0.3) is 0 Å². The third-order valence-electron chi connectivity index (χ3n) is 0.486. The predicted octanol–water partition coefficient (Wildman–Crippen LogP) is 2.02. The smallest absolute Gasteiger partial charge is 0.0928 e. The Morgan fingerprint density at radius 1 is 1.57 bits per heavy atom. The molecule has 0 N–H and O–H groups in total. The van der Waals surface area contributed by atoms with Gasteiger partial charge in [-0.3, -0.25) is 0 Å². The van der Waals surface area contributed by atoms with E-state index in [1.807, 2.05) is 17.5 Å². The summed E-state index contributed by atoms with van der Waals surface area (Å²) in [5.74, 6) is 0. The Balaban J connectivity index is 0.000000360. The second kappa shape index (κ2) is 3.93. The monoisotopic (exact) mass is 141 g/mol. The quantitative estimate of drug-likeness (QED) is 0.485. The van der Waals surface area contributed by atoms with E-state index in [0.29, 0.717) is 0 Å². The van der Waals surface area contributed by atoms with Crippen LogP contribution in [0.5, 0.6) is 0 Å². The average Bonchev–Trinajstić information content (AvgIpc) is 1.86. The zero-order valence-electron chi connectivity index (χ0n) is 4.02. The van der Waals surface area contributed by atoms with Gasteiger partial charge in [0.25, 0.3) is 0 Å². The van der Waals surface area contributed by atoms with E-state index in [4.69, 9.17) is 11.6 Å². The van der Waals surface area contributed by atoms with E-state index in [9.17, 15) is 0 Å². The topological polar surface area (TPSA) is 0 Å². The third kappa shape index (κ3) is 2.73. The van der Waals surface area contributed by atoms with Gasteiger partial charge >= 0.3 is 0 Å². The van der Waals surface area contributed by atoms with E-state index in [1.54, 1.807) is 11.3 Å². The molecule has 0 atom stereocenters. The Labute approximate surface area is 73.8 Å². The molecule has 0 aliphatic carbocycles. The summed E-state index contributed by atoms with van der Waals surface area (Å²) >= 11 is 7.02. The molecule has 1 rings (SSSR count). The van der Waals surface area contributed by atoms with E-state index in [2.05, 4.69) is 0 Å². The Morgan fingerprint density at radius 3 is 2.43 bits per heavy atom. The Kier molecular flexibility index (Phi) is 4.48. The summed E-state index contributed by atoms with van der Waals surface area (Å²) < 4.78 is 0.856. The molecule has 0 aromatic carbocycles. The van der Waals surface area contributed by atoms with Crippen LogP contribution in [-0.4, -0.2) is 29.6 Å². The average molecular weight is 142 g/mol. The van der Waals surface area contributed by atoms with E-state index in [-0.39, 0.29) is 29.6 Å². The van der Waals surface area contributed by atoms with Crippen LogP contribution in [-0.2, 0) is 0 Å². The molecule has 1 aromatic rings. The van der Waals surface area contributed by atoms with E-state index >= 15 is 0 Å². The van der Waals surface area contributed by atoms with Crippen molar-refractivity contribution in [2.75, 3.05) is 0 Å². The maximum absolute atomic E-state index is 5.47. The summed E-state index contributed by atoms with van der Waals surface area (Å²) in [5, 5.41) is 1.95. The third-order valence-corrected chi connectivity index (χ3v) is 1.53. The van der Waals surface area contributed by atoms with E-state index in [1.165, 1.54) is 0 Å². The van der Waals surface area contributed by atoms with Gasteiger partial charge in [0.2, 0.25) is 0 Å². The van der Waals surface area contributed by atoms with Gasteiger partial charge in [0.05, 0.1) is 4.34 Å². The van der Waals surface area contributed by atoms with Gasteiger partial charge < -0.3 is 0 Å². The Bertz CT molecular complexity index is 115. The predicted molar refractivity (Wildman–Crippen MR) is 35.1 cm³/mol. The molecule has 0 spiro atoms. The molecule has 0 fully saturated rings. The van der Waals surface area contributed by atoms with Crippen LogP contribution in [0.2, 0.25) is 4.34 Å². The molecule has 0 aliphatic heterocycles. The zero-order valence-corrected chi connectivity index (χ0v) is 7.59. The molecular weight excluding hydrogens is 139 g/mol. The summed E-state index contributed by atoms with van der Waals surface area (Å²) in [7, 11) is 0. The van der Waals surface area contributed by atoms with E-state index in [0.717, 1.165) is 4.34 Å². The summed E-state index contributed by atoms with van der Waals surface area (Å²) in [6.45, 7) is 0. The number of hydrogen-bond donors (Lipinski definition) is 0. The minimum Gasteiger partial charge on any atom is -0.132 e. The normalized spacial score (nSPS) is 7.57. The first-order valence-corrected chi connectivity index (χ1v) is 2.84. The maximum Gasteiger partial charge on any atom is 0.0928 e. The first-order valence-electron chi connectivity index (χ1n) is 1.58. The molecule has 0 nitrogen and oxygen atoms in total. The summed E-state index contributed by atoms with van der Waals surface area (Å²) in [6.07, 6.45) is 0. The van der Waals surface area contributed by atoms with Crippen LogP contribution in [0.4, 0.5) is 0 Å². The van der Waals surface area contributed by atoms with Gasteiger partial charge in [-0.05, 0) is 17.5 Å². The van der Waals surface area contributed by atoms with Gasteiger partial charge in [-0.15, -0.1) is 11.3 Å².